The third-order valence-electron chi connectivity index (χ3n) is 5.87. The standard InChI is InChI=1S/C19H30N4OS/c1-14-20-17(13-25-14)12-22-9-6-18(7-10-22)23-8-2-3-15(11-23)19(24)21-16-4-5-16/h13,15-16,18H,2-12H2,1H3,(H,21,24)/t15-/m0/s1. The molecule has 2 saturated heterocycles. The summed E-state index contributed by atoms with van der Waals surface area (Å²) in [5.41, 5.74) is 1.22. The van der Waals surface area contributed by atoms with Gasteiger partial charge in [-0.3, -0.25) is 14.6 Å². The minimum atomic E-state index is 0.213. The van der Waals surface area contributed by atoms with Crippen molar-refractivity contribution in [3.63, 3.8) is 0 Å². The van der Waals surface area contributed by atoms with E-state index in [1.165, 1.54) is 44.3 Å². The van der Waals surface area contributed by atoms with Gasteiger partial charge < -0.3 is 5.32 Å². The van der Waals surface area contributed by atoms with Crippen LogP contribution in [0, 0.1) is 12.8 Å². The third-order valence-corrected chi connectivity index (χ3v) is 6.70. The van der Waals surface area contributed by atoms with Gasteiger partial charge in [0.15, 0.2) is 0 Å². The van der Waals surface area contributed by atoms with Gasteiger partial charge in [-0.2, -0.15) is 0 Å². The molecule has 0 unspecified atom stereocenters. The molecule has 1 aliphatic carbocycles. The molecule has 3 heterocycles. The highest BCUT2D eigenvalue weighted by Crippen LogP contribution is 2.26. The number of thiazole rings is 1. The molecule has 25 heavy (non-hydrogen) atoms. The first kappa shape index (κ1) is 17.4. The van der Waals surface area contributed by atoms with E-state index in [1.807, 2.05) is 0 Å². The van der Waals surface area contributed by atoms with Crippen LogP contribution >= 0.6 is 11.3 Å². The summed E-state index contributed by atoms with van der Waals surface area (Å²) in [6, 6.07) is 1.14. The fraction of sp³-hybridized carbons (Fsp3) is 0.789. The van der Waals surface area contributed by atoms with Crippen LogP contribution in [0.2, 0.25) is 0 Å². The summed E-state index contributed by atoms with van der Waals surface area (Å²) in [7, 11) is 0. The Bertz CT molecular complexity index is 592. The van der Waals surface area contributed by atoms with Crippen molar-refractivity contribution in [1.29, 1.82) is 0 Å². The SMILES string of the molecule is Cc1nc(CN2CCC(N3CCC[C@H](C(=O)NC4CC4)C3)CC2)cs1. The van der Waals surface area contributed by atoms with Crippen molar-refractivity contribution < 1.29 is 4.79 Å². The predicted octanol–water partition coefficient (Wildman–Crippen LogP) is 2.41. The Morgan fingerprint density at radius 1 is 1.24 bits per heavy atom. The highest BCUT2D eigenvalue weighted by Gasteiger charge is 2.33. The highest BCUT2D eigenvalue weighted by molar-refractivity contribution is 7.09. The van der Waals surface area contributed by atoms with Crippen LogP contribution in [0.1, 0.15) is 49.2 Å². The first-order valence-electron chi connectivity index (χ1n) is 9.85. The maximum absolute atomic E-state index is 12.4. The van der Waals surface area contributed by atoms with Gasteiger partial charge in [-0.05, 0) is 52.0 Å². The van der Waals surface area contributed by atoms with Crippen molar-refractivity contribution in [2.24, 2.45) is 5.92 Å². The Morgan fingerprint density at radius 2 is 2.04 bits per heavy atom. The lowest BCUT2D eigenvalue weighted by atomic mass is 9.93. The van der Waals surface area contributed by atoms with Crippen LogP contribution in [0.5, 0.6) is 0 Å². The number of likely N-dealkylation sites (tertiary alicyclic amines) is 2. The van der Waals surface area contributed by atoms with Crippen molar-refractivity contribution in [3.05, 3.63) is 16.1 Å². The molecule has 138 valence electrons. The number of carbonyl (C=O) groups is 1. The molecular formula is C19H30N4OS. The van der Waals surface area contributed by atoms with Crippen LogP contribution < -0.4 is 5.32 Å². The fourth-order valence-corrected chi connectivity index (χ4v) is 4.86. The van der Waals surface area contributed by atoms with Gasteiger partial charge in [0.1, 0.15) is 0 Å². The van der Waals surface area contributed by atoms with Gasteiger partial charge in [-0.1, -0.05) is 0 Å². The molecule has 1 amide bonds. The van der Waals surface area contributed by atoms with E-state index in [9.17, 15) is 4.79 Å². The minimum Gasteiger partial charge on any atom is -0.353 e. The number of piperidine rings is 2. The molecule has 0 aromatic carbocycles. The Morgan fingerprint density at radius 3 is 2.72 bits per heavy atom. The van der Waals surface area contributed by atoms with Crippen molar-refractivity contribution in [2.75, 3.05) is 26.2 Å². The normalized spacial score (nSPS) is 26.7. The number of hydrogen-bond acceptors (Lipinski definition) is 5. The summed E-state index contributed by atoms with van der Waals surface area (Å²) in [4.78, 5) is 22.1. The smallest absolute Gasteiger partial charge is 0.224 e. The summed E-state index contributed by atoms with van der Waals surface area (Å²) in [6.07, 6.45) is 7.04. The lowest BCUT2D eigenvalue weighted by Crippen LogP contribution is -2.50. The zero-order valence-corrected chi connectivity index (χ0v) is 16.1. The summed E-state index contributed by atoms with van der Waals surface area (Å²) in [5.74, 6) is 0.522. The maximum atomic E-state index is 12.4. The maximum Gasteiger partial charge on any atom is 0.224 e. The lowest BCUT2D eigenvalue weighted by Gasteiger charge is -2.42. The Balaban J connectivity index is 1.24. The first-order valence-corrected chi connectivity index (χ1v) is 10.7. The number of carbonyl (C=O) groups excluding carboxylic acids is 1. The molecule has 3 fully saturated rings. The average molecular weight is 363 g/mol. The van der Waals surface area contributed by atoms with Crippen LogP contribution in [-0.4, -0.2) is 59.0 Å². The number of hydrogen-bond donors (Lipinski definition) is 1. The van der Waals surface area contributed by atoms with Crippen molar-refractivity contribution in [3.8, 4) is 0 Å². The van der Waals surface area contributed by atoms with Crippen molar-refractivity contribution in [2.45, 2.75) is 64.1 Å². The van der Waals surface area contributed by atoms with Gasteiger partial charge in [-0.15, -0.1) is 11.3 Å². The van der Waals surface area contributed by atoms with Gasteiger partial charge >= 0.3 is 0 Å². The first-order chi connectivity index (χ1) is 12.2. The van der Waals surface area contributed by atoms with Crippen LogP contribution in [0.4, 0.5) is 0 Å². The monoisotopic (exact) mass is 362 g/mol. The van der Waals surface area contributed by atoms with Crippen LogP contribution in [0.25, 0.3) is 0 Å². The number of amides is 1. The second-order valence-electron chi connectivity index (χ2n) is 7.98. The fourth-order valence-electron chi connectivity index (χ4n) is 4.25. The lowest BCUT2D eigenvalue weighted by molar-refractivity contribution is -0.127. The van der Waals surface area contributed by atoms with Crippen molar-refractivity contribution in [1.82, 2.24) is 20.1 Å². The van der Waals surface area contributed by atoms with E-state index in [0.29, 0.717) is 18.0 Å². The molecule has 0 bridgehead atoms. The molecule has 1 aromatic rings. The van der Waals surface area contributed by atoms with Gasteiger partial charge in [0, 0.05) is 43.6 Å². The van der Waals surface area contributed by atoms with Gasteiger partial charge in [0.25, 0.3) is 0 Å². The van der Waals surface area contributed by atoms with Crippen LogP contribution in [0.15, 0.2) is 5.38 Å². The molecule has 1 aromatic heterocycles. The molecule has 5 nitrogen and oxygen atoms in total. The second kappa shape index (κ2) is 7.72. The predicted molar refractivity (Wildman–Crippen MR) is 101 cm³/mol. The van der Waals surface area contributed by atoms with Gasteiger partial charge in [0.05, 0.1) is 16.6 Å². The molecule has 2 aliphatic heterocycles. The zero-order valence-electron chi connectivity index (χ0n) is 15.2. The molecule has 6 heteroatoms. The second-order valence-corrected chi connectivity index (χ2v) is 9.04. The van der Waals surface area contributed by atoms with Gasteiger partial charge in [0.2, 0.25) is 5.91 Å². The number of nitrogens with one attached hydrogen (secondary N) is 1. The van der Waals surface area contributed by atoms with E-state index < -0.39 is 0 Å². The van der Waals surface area contributed by atoms with E-state index >= 15 is 0 Å². The molecule has 1 atom stereocenters. The number of nitrogens with zero attached hydrogens (tertiary/aromatic N) is 3. The third kappa shape index (κ3) is 4.60. The Kier molecular flexibility index (Phi) is 5.39. The number of aromatic nitrogens is 1. The van der Waals surface area contributed by atoms with E-state index in [4.69, 9.17) is 0 Å². The summed E-state index contributed by atoms with van der Waals surface area (Å²) >= 11 is 1.74. The molecule has 3 aliphatic rings. The number of aryl methyl sites for hydroxylation is 1. The molecule has 1 N–H and O–H groups in total. The molecule has 0 radical (unpaired) electrons. The topological polar surface area (TPSA) is 48.5 Å². The molecule has 0 spiro atoms. The van der Waals surface area contributed by atoms with Crippen LogP contribution in [0.3, 0.4) is 0 Å². The van der Waals surface area contributed by atoms with E-state index in [2.05, 4.69) is 32.4 Å². The van der Waals surface area contributed by atoms with E-state index in [0.717, 1.165) is 37.6 Å². The Labute approximate surface area is 154 Å². The largest absolute Gasteiger partial charge is 0.353 e. The van der Waals surface area contributed by atoms with Gasteiger partial charge in [-0.25, -0.2) is 4.98 Å². The average Bonchev–Trinajstić information content (AvgIpc) is 3.35. The zero-order chi connectivity index (χ0) is 17.2. The summed E-state index contributed by atoms with van der Waals surface area (Å²) in [5, 5.41) is 6.55. The minimum absolute atomic E-state index is 0.213. The molecule has 4 rings (SSSR count). The highest BCUT2D eigenvalue weighted by atomic mass is 32.1. The molecular weight excluding hydrogens is 332 g/mol. The van der Waals surface area contributed by atoms with Crippen molar-refractivity contribution >= 4 is 17.2 Å². The quantitative estimate of drug-likeness (QED) is 0.874. The Hall–Kier alpha value is -0.980. The molecule has 1 saturated carbocycles. The van der Waals surface area contributed by atoms with Crippen LogP contribution in [-0.2, 0) is 11.3 Å². The summed E-state index contributed by atoms with van der Waals surface area (Å²) in [6.45, 7) is 7.50. The van der Waals surface area contributed by atoms with E-state index in [1.54, 1.807) is 11.3 Å². The number of rotatable bonds is 5. The summed E-state index contributed by atoms with van der Waals surface area (Å²) < 4.78 is 0. The van der Waals surface area contributed by atoms with E-state index in [-0.39, 0.29) is 5.92 Å².